The Kier molecular flexibility index (Phi) is 5.87. The van der Waals surface area contributed by atoms with E-state index in [-0.39, 0.29) is 0 Å². The molecule has 1 unspecified atom stereocenters. The minimum Gasteiger partial charge on any atom is -0.320 e. The second kappa shape index (κ2) is 7.96. The smallest absolute Gasteiger partial charge is 0.320 e. The molecule has 3 rings (SSSR count). The van der Waals surface area contributed by atoms with Crippen LogP contribution in [0.15, 0.2) is 58.4 Å². The van der Waals surface area contributed by atoms with Crippen LogP contribution in [0.3, 0.4) is 0 Å². The Bertz CT molecular complexity index is 805. The van der Waals surface area contributed by atoms with Gasteiger partial charge in [-0.3, -0.25) is 0 Å². The fraction of sp³-hybridized carbons (Fsp3) is 0.316. The van der Waals surface area contributed by atoms with Crippen molar-refractivity contribution in [1.82, 2.24) is 0 Å². The average molecular weight is 397 g/mol. The van der Waals surface area contributed by atoms with Crippen LogP contribution in [0.4, 0.5) is 24.5 Å². The summed E-state index contributed by atoms with van der Waals surface area (Å²) >= 11 is 3.26. The number of benzene rings is 2. The van der Waals surface area contributed by atoms with E-state index < -0.39 is 11.7 Å². The van der Waals surface area contributed by atoms with Crippen molar-refractivity contribution in [2.45, 2.75) is 29.7 Å². The highest BCUT2D eigenvalue weighted by atomic mass is 32.2. The van der Waals surface area contributed by atoms with E-state index in [1.807, 2.05) is 35.4 Å². The van der Waals surface area contributed by atoms with E-state index in [9.17, 15) is 13.2 Å². The summed E-state index contributed by atoms with van der Waals surface area (Å²) in [5.41, 5.74) is 0.708. The Labute approximate surface area is 159 Å². The van der Waals surface area contributed by atoms with Gasteiger partial charge >= 0.3 is 6.18 Å². The average Bonchev–Trinajstić information content (AvgIpc) is 3.04. The first-order chi connectivity index (χ1) is 12.4. The van der Waals surface area contributed by atoms with Crippen molar-refractivity contribution in [2.24, 2.45) is 4.99 Å². The Morgan fingerprint density at radius 1 is 1.19 bits per heavy atom. The van der Waals surface area contributed by atoms with Crippen LogP contribution in [0.1, 0.15) is 18.9 Å². The van der Waals surface area contributed by atoms with Crippen LogP contribution in [0, 0.1) is 0 Å². The third-order valence-corrected chi connectivity index (χ3v) is 6.17. The van der Waals surface area contributed by atoms with Crippen molar-refractivity contribution < 1.29 is 13.2 Å². The molecule has 0 bridgehead atoms. The summed E-state index contributed by atoms with van der Waals surface area (Å²) in [4.78, 5) is 7.72. The summed E-state index contributed by atoms with van der Waals surface area (Å²) in [7, 11) is 0. The molecule has 2 aromatic carbocycles. The third kappa shape index (κ3) is 4.38. The van der Waals surface area contributed by atoms with E-state index >= 15 is 0 Å². The van der Waals surface area contributed by atoms with Gasteiger partial charge < -0.3 is 4.90 Å². The zero-order valence-electron chi connectivity index (χ0n) is 14.5. The molecule has 1 aliphatic heterocycles. The normalized spacial score (nSPS) is 19.3. The van der Waals surface area contributed by atoms with Gasteiger partial charge in [-0.05, 0) is 49.1 Å². The van der Waals surface area contributed by atoms with E-state index in [2.05, 4.69) is 6.92 Å². The Morgan fingerprint density at radius 2 is 1.96 bits per heavy atom. The lowest BCUT2D eigenvalue weighted by atomic mass is 10.1. The van der Waals surface area contributed by atoms with Crippen molar-refractivity contribution in [3.63, 3.8) is 0 Å². The van der Waals surface area contributed by atoms with Gasteiger partial charge in [0.2, 0.25) is 0 Å². The van der Waals surface area contributed by atoms with Gasteiger partial charge in [0.05, 0.1) is 11.3 Å². The zero-order valence-corrected chi connectivity index (χ0v) is 16.1. The highest BCUT2D eigenvalue weighted by molar-refractivity contribution is 8.15. The maximum absolute atomic E-state index is 13.1. The number of hydrogen-bond acceptors (Lipinski definition) is 3. The van der Waals surface area contributed by atoms with E-state index in [4.69, 9.17) is 4.99 Å². The largest absolute Gasteiger partial charge is 0.416 e. The monoisotopic (exact) mass is 396 g/mol. The van der Waals surface area contributed by atoms with Crippen molar-refractivity contribution in [1.29, 1.82) is 0 Å². The number of amidine groups is 1. The molecule has 1 heterocycles. The minimum absolute atomic E-state index is 0.312. The van der Waals surface area contributed by atoms with Crippen LogP contribution >= 0.6 is 23.5 Å². The molecular formula is C19H19F3N2S2. The summed E-state index contributed by atoms with van der Waals surface area (Å²) in [6, 6.07) is 13.3. The molecular weight excluding hydrogens is 377 g/mol. The lowest BCUT2D eigenvalue weighted by molar-refractivity contribution is -0.137. The number of thioether (sulfide) groups is 2. The standard InChI is InChI=1S/C19H19F3N2S2/c1-3-16-12-24(15-8-4-6-13(10-15)19(20,21)22)18(26-16)23-14-7-5-9-17(11-14)25-2/h4-11,16H,3,12H2,1-2H3. The predicted molar refractivity (Wildman–Crippen MR) is 106 cm³/mol. The molecule has 1 aliphatic rings. The molecule has 0 saturated carbocycles. The Balaban J connectivity index is 1.97. The van der Waals surface area contributed by atoms with Gasteiger partial charge in [-0.15, -0.1) is 11.8 Å². The summed E-state index contributed by atoms with van der Waals surface area (Å²) in [5.74, 6) is 0. The van der Waals surface area contributed by atoms with Gasteiger partial charge in [0, 0.05) is 22.4 Å². The second-order valence-corrected chi connectivity index (χ2v) is 8.05. The van der Waals surface area contributed by atoms with Crippen LogP contribution < -0.4 is 4.90 Å². The van der Waals surface area contributed by atoms with E-state index in [0.717, 1.165) is 28.2 Å². The molecule has 0 N–H and O–H groups in total. The molecule has 138 valence electrons. The van der Waals surface area contributed by atoms with Crippen molar-refractivity contribution in [3.8, 4) is 0 Å². The van der Waals surface area contributed by atoms with Gasteiger partial charge in [0.15, 0.2) is 5.17 Å². The summed E-state index contributed by atoms with van der Waals surface area (Å²) in [6.07, 6.45) is -1.42. The molecule has 2 aromatic rings. The van der Waals surface area contributed by atoms with E-state index in [1.54, 1.807) is 29.6 Å². The molecule has 0 aliphatic carbocycles. The van der Waals surface area contributed by atoms with Crippen molar-refractivity contribution >= 4 is 40.1 Å². The Hall–Kier alpha value is -1.60. The lowest BCUT2D eigenvalue weighted by Crippen LogP contribution is -2.25. The predicted octanol–water partition coefficient (Wildman–Crippen LogP) is 6.45. The van der Waals surface area contributed by atoms with Gasteiger partial charge in [-0.25, -0.2) is 4.99 Å². The SMILES string of the molecule is CCC1CN(c2cccc(C(F)(F)F)c2)C(=Nc2cccc(SC)c2)S1. The third-order valence-electron chi connectivity index (χ3n) is 4.11. The maximum atomic E-state index is 13.1. The van der Waals surface area contributed by atoms with Crippen molar-refractivity contribution in [2.75, 3.05) is 17.7 Å². The second-order valence-electron chi connectivity index (χ2n) is 5.90. The number of hydrogen-bond donors (Lipinski definition) is 0. The van der Waals surface area contributed by atoms with Crippen LogP contribution in [0.5, 0.6) is 0 Å². The summed E-state index contributed by atoms with van der Waals surface area (Å²) in [6.45, 7) is 2.74. The lowest BCUT2D eigenvalue weighted by Gasteiger charge is -2.20. The minimum atomic E-state index is -4.35. The first kappa shape index (κ1) is 19.2. The Morgan fingerprint density at radius 3 is 2.65 bits per heavy atom. The summed E-state index contributed by atoms with van der Waals surface area (Å²) < 4.78 is 39.2. The highest BCUT2D eigenvalue weighted by Gasteiger charge is 2.33. The number of halogens is 3. The van der Waals surface area contributed by atoms with Gasteiger partial charge in [-0.2, -0.15) is 13.2 Å². The van der Waals surface area contributed by atoms with Gasteiger partial charge in [0.1, 0.15) is 0 Å². The number of anilines is 1. The van der Waals surface area contributed by atoms with Crippen molar-refractivity contribution in [3.05, 3.63) is 54.1 Å². The fourth-order valence-electron chi connectivity index (χ4n) is 2.69. The van der Waals surface area contributed by atoms with Crippen LogP contribution in [0.2, 0.25) is 0 Å². The number of nitrogens with zero attached hydrogens (tertiary/aromatic N) is 2. The van der Waals surface area contributed by atoms with Crippen LogP contribution in [-0.4, -0.2) is 23.2 Å². The molecule has 1 fully saturated rings. The molecule has 0 spiro atoms. The topological polar surface area (TPSA) is 15.6 Å². The molecule has 0 radical (unpaired) electrons. The molecule has 7 heteroatoms. The molecule has 26 heavy (non-hydrogen) atoms. The maximum Gasteiger partial charge on any atom is 0.416 e. The van der Waals surface area contributed by atoms with Crippen LogP contribution in [-0.2, 0) is 6.18 Å². The molecule has 1 atom stereocenters. The molecule has 0 aromatic heterocycles. The molecule has 0 amide bonds. The van der Waals surface area contributed by atoms with Gasteiger partial charge in [0.25, 0.3) is 0 Å². The molecule has 1 saturated heterocycles. The number of alkyl halides is 3. The zero-order chi connectivity index (χ0) is 18.7. The highest BCUT2D eigenvalue weighted by Crippen LogP contribution is 2.37. The van der Waals surface area contributed by atoms with Gasteiger partial charge in [-0.1, -0.05) is 30.8 Å². The van der Waals surface area contributed by atoms with E-state index in [1.165, 1.54) is 12.1 Å². The quantitative estimate of drug-likeness (QED) is 0.553. The van der Waals surface area contributed by atoms with E-state index in [0.29, 0.717) is 17.5 Å². The first-order valence-electron chi connectivity index (χ1n) is 8.25. The van der Waals surface area contributed by atoms with Crippen LogP contribution in [0.25, 0.3) is 0 Å². The first-order valence-corrected chi connectivity index (χ1v) is 10.4. The summed E-state index contributed by atoms with van der Waals surface area (Å²) in [5, 5.41) is 1.06. The number of rotatable bonds is 4. The number of aliphatic imine (C=N–C) groups is 1. The molecule has 2 nitrogen and oxygen atoms in total. The fourth-order valence-corrected chi connectivity index (χ4v) is 4.29.